The first-order chi connectivity index (χ1) is 11.7. The first-order valence-electron chi connectivity index (χ1n) is 10.8. The van der Waals surface area contributed by atoms with E-state index in [4.69, 9.17) is 0 Å². The maximum atomic E-state index is 3.44. The largest absolute Gasteiger partial charge is 0.257 e. The van der Waals surface area contributed by atoms with Crippen LogP contribution in [0.15, 0.2) is 12.4 Å². The molecule has 1 aromatic heterocycles. The van der Waals surface area contributed by atoms with E-state index in [1.807, 2.05) is 0 Å². The molecule has 2 atom stereocenters. The number of aromatic amines is 1. The summed E-state index contributed by atoms with van der Waals surface area (Å²) in [5, 5.41) is 0. The third-order valence-corrected chi connectivity index (χ3v) is 5.52. The van der Waals surface area contributed by atoms with Gasteiger partial charge in [0.1, 0.15) is 12.4 Å². The van der Waals surface area contributed by atoms with Crippen molar-refractivity contribution >= 4 is 0 Å². The Balaban J connectivity index is 2.04. The lowest BCUT2D eigenvalue weighted by Crippen LogP contribution is -2.40. The summed E-state index contributed by atoms with van der Waals surface area (Å²) < 4.78 is 2.46. The van der Waals surface area contributed by atoms with Gasteiger partial charge in [0.05, 0.1) is 12.0 Å². The van der Waals surface area contributed by atoms with Gasteiger partial charge in [-0.3, -0.25) is 0 Å². The molecule has 0 spiro atoms. The minimum Gasteiger partial charge on any atom is -0.247 e. The van der Waals surface area contributed by atoms with Crippen molar-refractivity contribution < 1.29 is 4.57 Å². The summed E-state index contributed by atoms with van der Waals surface area (Å²) >= 11 is 0. The lowest BCUT2D eigenvalue weighted by atomic mass is 10.0. The molecule has 0 amide bonds. The van der Waals surface area contributed by atoms with Crippen molar-refractivity contribution in [2.45, 2.75) is 123 Å². The highest BCUT2D eigenvalue weighted by Gasteiger charge is 2.20. The van der Waals surface area contributed by atoms with Crippen LogP contribution in [0.2, 0.25) is 0 Å². The lowest BCUT2D eigenvalue weighted by molar-refractivity contribution is -0.727. The van der Waals surface area contributed by atoms with Crippen molar-refractivity contribution in [1.29, 1.82) is 0 Å². The zero-order valence-electron chi connectivity index (χ0n) is 16.9. The number of imidazole rings is 1. The van der Waals surface area contributed by atoms with Gasteiger partial charge in [-0.15, -0.1) is 0 Å². The summed E-state index contributed by atoms with van der Waals surface area (Å²) in [5.74, 6) is 2.02. The van der Waals surface area contributed by atoms with E-state index in [1.165, 1.54) is 89.3 Å². The number of rotatable bonds is 15. The molecule has 0 saturated heterocycles. The van der Waals surface area contributed by atoms with Crippen LogP contribution < -0.4 is 4.57 Å². The highest BCUT2D eigenvalue weighted by Crippen LogP contribution is 2.17. The molecular weight excluding hydrogens is 292 g/mol. The Morgan fingerprint density at radius 2 is 1.38 bits per heavy atom. The van der Waals surface area contributed by atoms with Crippen LogP contribution in [0.3, 0.4) is 0 Å². The fraction of sp³-hybridized carbons (Fsp3) is 0.864. The van der Waals surface area contributed by atoms with Crippen molar-refractivity contribution in [3.63, 3.8) is 0 Å². The minimum atomic E-state index is 0.624. The summed E-state index contributed by atoms with van der Waals surface area (Å²) in [5.41, 5.74) is 0. The van der Waals surface area contributed by atoms with Gasteiger partial charge in [0.25, 0.3) is 5.82 Å². The van der Waals surface area contributed by atoms with E-state index in [1.54, 1.807) is 0 Å². The molecule has 0 aliphatic rings. The monoisotopic (exact) mass is 335 g/mol. The zero-order chi connectivity index (χ0) is 17.6. The molecule has 140 valence electrons. The third kappa shape index (κ3) is 8.35. The number of aromatic nitrogens is 2. The van der Waals surface area contributed by atoms with Gasteiger partial charge in [-0.05, 0) is 26.2 Å². The quantitative estimate of drug-likeness (QED) is 0.261. The van der Waals surface area contributed by atoms with E-state index in [2.05, 4.69) is 49.6 Å². The third-order valence-electron chi connectivity index (χ3n) is 5.52. The fourth-order valence-electron chi connectivity index (χ4n) is 3.58. The molecule has 0 aliphatic heterocycles. The van der Waals surface area contributed by atoms with Crippen LogP contribution in [0.25, 0.3) is 0 Å². The summed E-state index contributed by atoms with van der Waals surface area (Å²) in [4.78, 5) is 3.44. The Labute approximate surface area is 151 Å². The van der Waals surface area contributed by atoms with Gasteiger partial charge in [0.15, 0.2) is 0 Å². The Kier molecular flexibility index (Phi) is 12.0. The second kappa shape index (κ2) is 13.5. The first kappa shape index (κ1) is 21.3. The SMILES string of the molecule is CCCCCCCCCCCCCC(C)[n+]1cc[nH]c1C(C)CC. The number of H-pyrrole nitrogens is 1. The van der Waals surface area contributed by atoms with Gasteiger partial charge in [0, 0.05) is 0 Å². The van der Waals surface area contributed by atoms with E-state index in [0.29, 0.717) is 12.0 Å². The average molecular weight is 336 g/mol. The molecule has 0 bridgehead atoms. The molecule has 24 heavy (non-hydrogen) atoms. The van der Waals surface area contributed by atoms with Crippen LogP contribution in [0.5, 0.6) is 0 Å². The van der Waals surface area contributed by atoms with E-state index in [-0.39, 0.29) is 0 Å². The Morgan fingerprint density at radius 1 is 0.833 bits per heavy atom. The fourth-order valence-corrected chi connectivity index (χ4v) is 3.58. The molecule has 2 heteroatoms. The van der Waals surface area contributed by atoms with E-state index in [0.717, 1.165) is 0 Å². The van der Waals surface area contributed by atoms with Crippen LogP contribution in [0, 0.1) is 0 Å². The molecular formula is C22H43N2+. The lowest BCUT2D eigenvalue weighted by Gasteiger charge is -2.12. The molecule has 1 heterocycles. The molecule has 0 saturated carbocycles. The highest BCUT2D eigenvalue weighted by molar-refractivity contribution is 4.86. The smallest absolute Gasteiger partial charge is 0.247 e. The zero-order valence-corrected chi connectivity index (χ0v) is 16.9. The van der Waals surface area contributed by atoms with Gasteiger partial charge in [-0.25, -0.2) is 9.55 Å². The summed E-state index contributed by atoms with van der Waals surface area (Å²) in [7, 11) is 0. The number of nitrogens with zero attached hydrogens (tertiary/aromatic N) is 1. The number of hydrogen-bond donors (Lipinski definition) is 1. The maximum absolute atomic E-state index is 3.44. The predicted molar refractivity (Wildman–Crippen MR) is 105 cm³/mol. The van der Waals surface area contributed by atoms with Crippen LogP contribution in [-0.2, 0) is 0 Å². The number of nitrogens with one attached hydrogen (secondary N) is 1. The maximum Gasteiger partial charge on any atom is 0.257 e. The second-order valence-corrected chi connectivity index (χ2v) is 7.74. The van der Waals surface area contributed by atoms with Gasteiger partial charge in [0.2, 0.25) is 0 Å². The predicted octanol–water partition coefficient (Wildman–Crippen LogP) is 7.08. The summed E-state index contributed by atoms with van der Waals surface area (Å²) in [6, 6.07) is 0.624. The number of hydrogen-bond acceptors (Lipinski definition) is 0. The van der Waals surface area contributed by atoms with Crippen molar-refractivity contribution in [3.8, 4) is 0 Å². The van der Waals surface area contributed by atoms with Gasteiger partial charge in [-0.2, -0.15) is 0 Å². The van der Waals surface area contributed by atoms with Crippen molar-refractivity contribution in [3.05, 3.63) is 18.2 Å². The van der Waals surface area contributed by atoms with Gasteiger partial charge in [-0.1, -0.05) is 85.0 Å². The molecule has 2 nitrogen and oxygen atoms in total. The van der Waals surface area contributed by atoms with Crippen LogP contribution >= 0.6 is 0 Å². The van der Waals surface area contributed by atoms with Crippen LogP contribution in [0.4, 0.5) is 0 Å². The highest BCUT2D eigenvalue weighted by atomic mass is 15.1. The van der Waals surface area contributed by atoms with E-state index < -0.39 is 0 Å². The summed E-state index contributed by atoms with van der Waals surface area (Å²) in [6.45, 7) is 9.25. The Morgan fingerprint density at radius 3 is 1.92 bits per heavy atom. The summed E-state index contributed by atoms with van der Waals surface area (Å²) in [6.07, 6.45) is 22.5. The van der Waals surface area contributed by atoms with Crippen LogP contribution in [-0.4, -0.2) is 4.98 Å². The second-order valence-electron chi connectivity index (χ2n) is 7.74. The molecule has 0 radical (unpaired) electrons. The normalized spacial score (nSPS) is 14.0. The number of unbranched alkanes of at least 4 members (excludes halogenated alkanes) is 10. The molecule has 0 fully saturated rings. The molecule has 1 aromatic rings. The topological polar surface area (TPSA) is 19.7 Å². The van der Waals surface area contributed by atoms with Crippen molar-refractivity contribution in [1.82, 2.24) is 4.98 Å². The molecule has 1 N–H and O–H groups in total. The van der Waals surface area contributed by atoms with E-state index in [9.17, 15) is 0 Å². The van der Waals surface area contributed by atoms with Crippen LogP contribution in [0.1, 0.15) is 129 Å². The van der Waals surface area contributed by atoms with Gasteiger partial charge < -0.3 is 0 Å². The van der Waals surface area contributed by atoms with E-state index >= 15 is 0 Å². The average Bonchev–Trinajstić information content (AvgIpc) is 3.08. The molecule has 1 rings (SSSR count). The van der Waals surface area contributed by atoms with Crippen molar-refractivity contribution in [2.75, 3.05) is 0 Å². The first-order valence-corrected chi connectivity index (χ1v) is 10.8. The molecule has 2 unspecified atom stereocenters. The molecule has 0 aromatic carbocycles. The van der Waals surface area contributed by atoms with Gasteiger partial charge >= 0.3 is 0 Å². The van der Waals surface area contributed by atoms with Crippen molar-refractivity contribution in [2.24, 2.45) is 0 Å². The Hall–Kier alpha value is -0.790. The standard InChI is InChI=1S/C22H42N2/c1-5-7-8-9-10-11-12-13-14-15-16-17-21(4)24-19-18-23-22(24)20(3)6-2/h18-21H,5-17H2,1-4H3/p+1. The minimum absolute atomic E-state index is 0.624. The Bertz CT molecular complexity index is 396. The molecule has 0 aliphatic carbocycles.